The molecular weight excluding hydrogens is 533 g/mol. The topological polar surface area (TPSA) is 88.8 Å². The van der Waals surface area contributed by atoms with Crippen LogP contribution in [0.4, 0.5) is 0 Å². The van der Waals surface area contributed by atoms with E-state index in [0.29, 0.717) is 13.2 Å². The standard InChI is InChI=1S/C23H37N7O2.HI/c1-4-32-21-8-5-7-20(17-21)9-11-25-23(26-18-22-28-27-19(2)29(22)3)24-10-6-12-30-13-15-31-16-14-30;/h5,7-8,17H,4,6,9-16,18H2,1-3H3,(H2,24,25,26);1H. The van der Waals surface area contributed by atoms with Crippen molar-refractivity contribution in [2.45, 2.75) is 33.2 Å². The fraction of sp³-hybridized carbons (Fsp3) is 0.609. The number of nitrogens with one attached hydrogen (secondary N) is 2. The van der Waals surface area contributed by atoms with Crippen LogP contribution in [0.2, 0.25) is 0 Å². The molecule has 0 bridgehead atoms. The lowest BCUT2D eigenvalue weighted by molar-refractivity contribution is 0.0376. The van der Waals surface area contributed by atoms with Crippen molar-refractivity contribution in [3.8, 4) is 5.75 Å². The number of benzene rings is 1. The number of morpholine rings is 1. The highest BCUT2D eigenvalue weighted by Crippen LogP contribution is 2.13. The van der Waals surface area contributed by atoms with E-state index in [9.17, 15) is 0 Å². The first-order chi connectivity index (χ1) is 15.7. The van der Waals surface area contributed by atoms with E-state index >= 15 is 0 Å². The number of aryl methyl sites for hydroxylation is 1. The summed E-state index contributed by atoms with van der Waals surface area (Å²) in [5.41, 5.74) is 1.24. The van der Waals surface area contributed by atoms with Crippen LogP contribution in [0.25, 0.3) is 0 Å². The Kier molecular flexibility index (Phi) is 12.5. The smallest absolute Gasteiger partial charge is 0.191 e. The number of halogens is 1. The fourth-order valence-electron chi connectivity index (χ4n) is 3.53. The van der Waals surface area contributed by atoms with E-state index in [2.05, 4.69) is 37.9 Å². The maximum Gasteiger partial charge on any atom is 0.191 e. The maximum atomic E-state index is 5.61. The van der Waals surface area contributed by atoms with E-state index in [1.54, 1.807) is 0 Å². The zero-order chi connectivity index (χ0) is 22.6. The molecule has 33 heavy (non-hydrogen) atoms. The molecule has 0 radical (unpaired) electrons. The van der Waals surface area contributed by atoms with Crippen molar-refractivity contribution >= 4 is 29.9 Å². The van der Waals surface area contributed by atoms with Crippen LogP contribution in [0, 0.1) is 6.92 Å². The molecule has 0 saturated carbocycles. The van der Waals surface area contributed by atoms with Gasteiger partial charge in [0.2, 0.25) is 0 Å². The molecule has 1 aliphatic rings. The Hall–Kier alpha value is -1.92. The third-order valence-corrected chi connectivity index (χ3v) is 5.52. The van der Waals surface area contributed by atoms with Gasteiger partial charge < -0.3 is 24.7 Å². The van der Waals surface area contributed by atoms with E-state index in [0.717, 1.165) is 82.1 Å². The highest BCUT2D eigenvalue weighted by molar-refractivity contribution is 14.0. The predicted octanol–water partition coefficient (Wildman–Crippen LogP) is 2.14. The van der Waals surface area contributed by atoms with Crippen LogP contribution in [0.1, 0.15) is 30.6 Å². The number of ether oxygens (including phenoxy) is 2. The average Bonchev–Trinajstić information content (AvgIpc) is 3.13. The molecule has 1 saturated heterocycles. The molecule has 184 valence electrons. The molecule has 2 N–H and O–H groups in total. The molecule has 3 rings (SSSR count). The molecule has 9 nitrogen and oxygen atoms in total. The summed E-state index contributed by atoms with van der Waals surface area (Å²) < 4.78 is 13.0. The SMILES string of the molecule is CCOc1cccc(CCNC(=NCc2nnc(C)n2C)NCCCN2CCOCC2)c1.I. The summed E-state index contributed by atoms with van der Waals surface area (Å²) in [6, 6.07) is 8.25. The van der Waals surface area contributed by atoms with E-state index in [1.807, 2.05) is 37.6 Å². The molecule has 1 aromatic carbocycles. The molecule has 1 fully saturated rings. The van der Waals surface area contributed by atoms with Gasteiger partial charge >= 0.3 is 0 Å². The van der Waals surface area contributed by atoms with Gasteiger partial charge in [0.15, 0.2) is 11.8 Å². The Morgan fingerprint density at radius 3 is 2.70 bits per heavy atom. The first kappa shape index (κ1) is 27.3. The van der Waals surface area contributed by atoms with Crippen LogP contribution in [0.15, 0.2) is 29.3 Å². The van der Waals surface area contributed by atoms with Gasteiger partial charge in [0.1, 0.15) is 18.1 Å². The van der Waals surface area contributed by atoms with E-state index in [-0.39, 0.29) is 24.0 Å². The van der Waals surface area contributed by atoms with Gasteiger partial charge in [-0.1, -0.05) is 12.1 Å². The van der Waals surface area contributed by atoms with Gasteiger partial charge in [-0.25, -0.2) is 4.99 Å². The summed E-state index contributed by atoms with van der Waals surface area (Å²) in [4.78, 5) is 7.19. The quantitative estimate of drug-likeness (QED) is 0.185. The first-order valence-electron chi connectivity index (χ1n) is 11.5. The molecule has 2 heterocycles. The van der Waals surface area contributed by atoms with Gasteiger partial charge in [0, 0.05) is 33.2 Å². The highest BCUT2D eigenvalue weighted by Gasteiger charge is 2.10. The molecule has 2 aromatic rings. The number of guanidine groups is 1. The molecule has 0 unspecified atom stereocenters. The second-order valence-corrected chi connectivity index (χ2v) is 7.88. The molecule has 10 heteroatoms. The third-order valence-electron chi connectivity index (χ3n) is 5.52. The van der Waals surface area contributed by atoms with Gasteiger partial charge in [-0.05, 0) is 50.9 Å². The molecule has 0 amide bonds. The second kappa shape index (κ2) is 15.1. The van der Waals surface area contributed by atoms with Crippen molar-refractivity contribution in [1.29, 1.82) is 0 Å². The largest absolute Gasteiger partial charge is 0.494 e. The summed E-state index contributed by atoms with van der Waals surface area (Å²) in [6.45, 7) is 11.5. The zero-order valence-corrected chi connectivity index (χ0v) is 22.4. The predicted molar refractivity (Wildman–Crippen MR) is 141 cm³/mol. The van der Waals surface area contributed by atoms with Crippen molar-refractivity contribution in [1.82, 2.24) is 30.3 Å². The summed E-state index contributed by atoms with van der Waals surface area (Å²) >= 11 is 0. The zero-order valence-electron chi connectivity index (χ0n) is 20.0. The minimum atomic E-state index is 0. The highest BCUT2D eigenvalue weighted by atomic mass is 127. The Morgan fingerprint density at radius 2 is 1.97 bits per heavy atom. The van der Waals surface area contributed by atoms with E-state index < -0.39 is 0 Å². The van der Waals surface area contributed by atoms with Crippen molar-refractivity contribution in [2.75, 3.05) is 52.5 Å². The second-order valence-electron chi connectivity index (χ2n) is 7.88. The third kappa shape index (κ3) is 9.46. The van der Waals surface area contributed by atoms with Crippen molar-refractivity contribution in [3.63, 3.8) is 0 Å². The van der Waals surface area contributed by atoms with Crippen molar-refractivity contribution in [2.24, 2.45) is 12.0 Å². The van der Waals surface area contributed by atoms with Crippen LogP contribution < -0.4 is 15.4 Å². The van der Waals surface area contributed by atoms with Crippen molar-refractivity contribution < 1.29 is 9.47 Å². The Morgan fingerprint density at radius 1 is 1.18 bits per heavy atom. The summed E-state index contributed by atoms with van der Waals surface area (Å²) in [5, 5.41) is 15.3. The molecular formula is C23H38IN7O2. The number of aliphatic imine (C=N–C) groups is 1. The van der Waals surface area contributed by atoms with Gasteiger partial charge in [-0.2, -0.15) is 0 Å². The monoisotopic (exact) mass is 571 g/mol. The summed E-state index contributed by atoms with van der Waals surface area (Å²) in [7, 11) is 1.97. The van der Waals surface area contributed by atoms with E-state index in [4.69, 9.17) is 14.5 Å². The Labute approximate surface area is 214 Å². The van der Waals surface area contributed by atoms with Gasteiger partial charge in [-0.3, -0.25) is 4.90 Å². The number of aromatic nitrogens is 3. The van der Waals surface area contributed by atoms with Crippen LogP contribution in [0.5, 0.6) is 5.75 Å². The van der Waals surface area contributed by atoms with Gasteiger partial charge in [-0.15, -0.1) is 34.2 Å². The summed E-state index contributed by atoms with van der Waals surface area (Å²) in [6.07, 6.45) is 1.94. The number of nitrogens with zero attached hydrogens (tertiary/aromatic N) is 5. The minimum Gasteiger partial charge on any atom is -0.494 e. The summed E-state index contributed by atoms with van der Waals surface area (Å²) in [5.74, 6) is 3.45. The first-order valence-corrected chi connectivity index (χ1v) is 11.5. The van der Waals surface area contributed by atoms with E-state index in [1.165, 1.54) is 5.56 Å². The van der Waals surface area contributed by atoms with Gasteiger partial charge in [0.05, 0.1) is 19.8 Å². The normalized spacial score (nSPS) is 14.6. The average molecular weight is 572 g/mol. The van der Waals surface area contributed by atoms with Crippen LogP contribution in [0.3, 0.4) is 0 Å². The fourth-order valence-corrected chi connectivity index (χ4v) is 3.53. The minimum absolute atomic E-state index is 0. The van der Waals surface area contributed by atoms with Crippen LogP contribution in [-0.4, -0.2) is 78.2 Å². The number of hydrogen-bond acceptors (Lipinski definition) is 6. The molecule has 1 aliphatic heterocycles. The Bertz CT molecular complexity index is 853. The Balaban J connectivity index is 0.00000385. The van der Waals surface area contributed by atoms with Crippen LogP contribution in [-0.2, 0) is 24.8 Å². The number of rotatable bonds is 11. The molecule has 0 aliphatic carbocycles. The number of hydrogen-bond donors (Lipinski definition) is 2. The molecule has 0 spiro atoms. The lowest BCUT2D eigenvalue weighted by Crippen LogP contribution is -2.41. The lowest BCUT2D eigenvalue weighted by atomic mass is 10.1. The van der Waals surface area contributed by atoms with Crippen molar-refractivity contribution in [3.05, 3.63) is 41.5 Å². The van der Waals surface area contributed by atoms with Gasteiger partial charge in [0.25, 0.3) is 0 Å². The lowest BCUT2D eigenvalue weighted by Gasteiger charge is -2.26. The van der Waals surface area contributed by atoms with Crippen LogP contribution >= 0.6 is 24.0 Å². The maximum absolute atomic E-state index is 5.61. The molecule has 0 atom stereocenters. The molecule has 1 aromatic heterocycles.